The van der Waals surface area contributed by atoms with E-state index in [0.717, 1.165) is 0 Å². The minimum atomic E-state index is -0.447. The van der Waals surface area contributed by atoms with Crippen molar-refractivity contribution in [1.29, 1.82) is 0 Å². The molecular formula is C9H14N2O. The number of allylic oxidation sites excluding steroid dienone is 1. The summed E-state index contributed by atoms with van der Waals surface area (Å²) in [6, 6.07) is 0. The molecule has 3 heteroatoms. The Kier molecular flexibility index (Phi) is 3.54. The van der Waals surface area contributed by atoms with E-state index in [2.05, 4.69) is 23.4 Å². The molecule has 0 unspecified atom stereocenters. The van der Waals surface area contributed by atoms with Crippen LogP contribution in [0.5, 0.6) is 0 Å². The lowest BCUT2D eigenvalue weighted by Gasteiger charge is -2.15. The highest BCUT2D eigenvalue weighted by molar-refractivity contribution is 5.99. The van der Waals surface area contributed by atoms with Crippen LogP contribution in [0.1, 0.15) is 20.8 Å². The Morgan fingerprint density at radius 3 is 2.08 bits per heavy atom. The normalized spacial score (nSPS) is 12.4. The van der Waals surface area contributed by atoms with Gasteiger partial charge in [0.05, 0.1) is 6.20 Å². The molecule has 0 aliphatic carbocycles. The molecule has 0 bridgehead atoms. The van der Waals surface area contributed by atoms with Crippen LogP contribution in [0.3, 0.4) is 0 Å². The van der Waals surface area contributed by atoms with E-state index in [1.807, 2.05) is 20.8 Å². The maximum Gasteiger partial charge on any atom is 0.188 e. The van der Waals surface area contributed by atoms with Crippen LogP contribution in [0.4, 0.5) is 0 Å². The van der Waals surface area contributed by atoms with Gasteiger partial charge in [-0.05, 0) is 13.4 Å². The van der Waals surface area contributed by atoms with Crippen LogP contribution in [-0.2, 0) is 4.79 Å². The molecule has 0 aliphatic heterocycles. The average molecular weight is 166 g/mol. The summed E-state index contributed by atoms with van der Waals surface area (Å²) in [6.45, 7) is 12.0. The first-order valence-corrected chi connectivity index (χ1v) is 3.61. The number of nitrogens with zero attached hydrogens (tertiary/aromatic N) is 2. The molecule has 0 amide bonds. The van der Waals surface area contributed by atoms with Crippen molar-refractivity contribution in [2.75, 3.05) is 0 Å². The van der Waals surface area contributed by atoms with Gasteiger partial charge in [0, 0.05) is 5.41 Å². The molecule has 0 fully saturated rings. The van der Waals surface area contributed by atoms with Gasteiger partial charge in [0.25, 0.3) is 0 Å². The van der Waals surface area contributed by atoms with E-state index in [9.17, 15) is 4.79 Å². The van der Waals surface area contributed by atoms with Crippen molar-refractivity contribution >= 4 is 19.2 Å². The summed E-state index contributed by atoms with van der Waals surface area (Å²) >= 11 is 0. The molecule has 0 aliphatic rings. The van der Waals surface area contributed by atoms with E-state index in [-0.39, 0.29) is 11.5 Å². The first-order chi connectivity index (χ1) is 5.43. The lowest BCUT2D eigenvalue weighted by molar-refractivity contribution is -0.122. The lowest BCUT2D eigenvalue weighted by Crippen LogP contribution is -2.21. The quantitative estimate of drug-likeness (QED) is 0.466. The zero-order chi connectivity index (χ0) is 9.78. The van der Waals surface area contributed by atoms with Crippen molar-refractivity contribution in [3.63, 3.8) is 0 Å². The molecule has 0 saturated heterocycles. The Morgan fingerprint density at radius 2 is 1.83 bits per heavy atom. The molecule has 12 heavy (non-hydrogen) atoms. The molecule has 0 aromatic rings. The number of Topliss-reactive ketones (excluding diaryl/α,β-unsaturated/α-hetero) is 1. The van der Waals surface area contributed by atoms with Crippen molar-refractivity contribution in [3.8, 4) is 0 Å². The van der Waals surface area contributed by atoms with Crippen LogP contribution in [-0.4, -0.2) is 19.2 Å². The Morgan fingerprint density at radius 1 is 1.33 bits per heavy atom. The molecule has 66 valence electrons. The highest BCUT2D eigenvalue weighted by atomic mass is 16.1. The fourth-order valence-electron chi connectivity index (χ4n) is 0.642. The Hall–Kier alpha value is -1.25. The molecule has 0 N–H and O–H groups in total. The van der Waals surface area contributed by atoms with Gasteiger partial charge >= 0.3 is 0 Å². The second-order valence-electron chi connectivity index (χ2n) is 3.43. The van der Waals surface area contributed by atoms with Crippen LogP contribution in [0.15, 0.2) is 21.9 Å². The van der Waals surface area contributed by atoms with E-state index in [1.54, 1.807) is 0 Å². The van der Waals surface area contributed by atoms with Gasteiger partial charge in [-0.3, -0.25) is 14.8 Å². The molecule has 0 rings (SSSR count). The summed E-state index contributed by atoms with van der Waals surface area (Å²) in [6.07, 6.45) is 1.32. The molecule has 3 nitrogen and oxygen atoms in total. The van der Waals surface area contributed by atoms with Crippen molar-refractivity contribution < 1.29 is 4.79 Å². The third-order valence-corrected chi connectivity index (χ3v) is 1.30. The molecule has 0 aromatic carbocycles. The Labute approximate surface area is 72.9 Å². The molecule has 0 aromatic heterocycles. The number of hydrogen-bond donors (Lipinski definition) is 0. The van der Waals surface area contributed by atoms with Crippen LogP contribution in [0.2, 0.25) is 0 Å². The number of carbonyl (C=O) groups excluding carboxylic acids is 1. The number of ketones is 1. The largest absolute Gasteiger partial charge is 0.292 e. The van der Waals surface area contributed by atoms with Gasteiger partial charge in [-0.25, -0.2) is 0 Å². The van der Waals surface area contributed by atoms with Crippen molar-refractivity contribution in [2.24, 2.45) is 15.4 Å². The summed E-state index contributed by atoms with van der Waals surface area (Å²) in [5, 5.41) is 0. The second kappa shape index (κ2) is 3.95. The summed E-state index contributed by atoms with van der Waals surface area (Å²) < 4.78 is 0. The van der Waals surface area contributed by atoms with E-state index in [1.165, 1.54) is 6.20 Å². The average Bonchev–Trinajstić information content (AvgIpc) is 1.97. The fraction of sp³-hybridized carbons (Fsp3) is 0.444. The summed E-state index contributed by atoms with van der Waals surface area (Å²) in [4.78, 5) is 18.5. The van der Waals surface area contributed by atoms with Gasteiger partial charge in [-0.1, -0.05) is 20.8 Å². The third kappa shape index (κ3) is 2.78. The van der Waals surface area contributed by atoms with E-state index in [0.29, 0.717) is 0 Å². The first kappa shape index (κ1) is 10.8. The Bertz CT molecular complexity index is 233. The fourth-order valence-corrected chi connectivity index (χ4v) is 0.642. The van der Waals surface area contributed by atoms with Crippen LogP contribution in [0, 0.1) is 5.41 Å². The maximum absolute atomic E-state index is 11.5. The molecule has 0 heterocycles. The van der Waals surface area contributed by atoms with Gasteiger partial charge < -0.3 is 0 Å². The number of rotatable bonds is 3. The Balaban J connectivity index is 4.78. The van der Waals surface area contributed by atoms with Gasteiger partial charge in [-0.15, -0.1) is 0 Å². The monoisotopic (exact) mass is 166 g/mol. The molecular weight excluding hydrogens is 152 g/mol. The number of aliphatic imine (C=N–C) groups is 2. The molecule has 0 atom stereocenters. The minimum absolute atomic E-state index is 0.0788. The number of carbonyl (C=O) groups is 1. The number of hydrogen-bond acceptors (Lipinski definition) is 3. The highest BCUT2D eigenvalue weighted by Gasteiger charge is 2.24. The van der Waals surface area contributed by atoms with Crippen LogP contribution >= 0.6 is 0 Å². The predicted octanol–water partition coefficient (Wildman–Crippen LogP) is 1.84. The lowest BCUT2D eigenvalue weighted by atomic mass is 9.89. The van der Waals surface area contributed by atoms with E-state index in [4.69, 9.17) is 0 Å². The second-order valence-corrected chi connectivity index (χ2v) is 3.43. The van der Waals surface area contributed by atoms with Crippen LogP contribution < -0.4 is 0 Å². The van der Waals surface area contributed by atoms with Gasteiger partial charge in [0.2, 0.25) is 0 Å². The summed E-state index contributed by atoms with van der Waals surface area (Å²) in [7, 11) is 0. The van der Waals surface area contributed by atoms with E-state index >= 15 is 0 Å². The summed E-state index contributed by atoms with van der Waals surface area (Å²) in [5.41, 5.74) is -0.185. The van der Waals surface area contributed by atoms with Gasteiger partial charge in [0.1, 0.15) is 5.70 Å². The molecule has 0 spiro atoms. The van der Waals surface area contributed by atoms with Crippen molar-refractivity contribution in [2.45, 2.75) is 20.8 Å². The predicted molar refractivity (Wildman–Crippen MR) is 51.6 cm³/mol. The highest BCUT2D eigenvalue weighted by Crippen LogP contribution is 2.20. The van der Waals surface area contributed by atoms with E-state index < -0.39 is 5.41 Å². The van der Waals surface area contributed by atoms with Gasteiger partial charge in [0.15, 0.2) is 5.78 Å². The maximum atomic E-state index is 11.5. The smallest absolute Gasteiger partial charge is 0.188 e. The molecule has 0 saturated carbocycles. The van der Waals surface area contributed by atoms with Crippen molar-refractivity contribution in [3.05, 3.63) is 11.9 Å². The van der Waals surface area contributed by atoms with Gasteiger partial charge in [-0.2, -0.15) is 0 Å². The minimum Gasteiger partial charge on any atom is -0.292 e. The third-order valence-electron chi connectivity index (χ3n) is 1.30. The van der Waals surface area contributed by atoms with Crippen molar-refractivity contribution in [1.82, 2.24) is 0 Å². The topological polar surface area (TPSA) is 41.8 Å². The SMILES string of the molecule is C=N/C=C(\N=C)C(=O)C(C)(C)C. The first-order valence-electron chi connectivity index (χ1n) is 3.61. The zero-order valence-corrected chi connectivity index (χ0v) is 7.79. The zero-order valence-electron chi connectivity index (χ0n) is 7.79. The standard InChI is InChI=1S/C9H14N2O/c1-9(2,3)8(12)7(11-5)6-10-4/h6H,4-5H2,1-3H3/b7-6-. The molecule has 0 radical (unpaired) electrons. The van der Waals surface area contributed by atoms with Crippen LogP contribution in [0.25, 0.3) is 0 Å². The summed E-state index contributed by atoms with van der Waals surface area (Å²) in [5.74, 6) is -0.0788.